The number of amidine groups is 1. The van der Waals surface area contributed by atoms with E-state index in [0.717, 1.165) is 12.1 Å². The number of carbonyl (C=O) groups is 1. The monoisotopic (exact) mass is 221 g/mol. The highest BCUT2D eigenvalue weighted by Crippen LogP contribution is 2.09. The summed E-state index contributed by atoms with van der Waals surface area (Å²) < 4.78 is 0. The highest BCUT2D eigenvalue weighted by Gasteiger charge is 2.12. The minimum Gasteiger partial charge on any atom is -0.384 e. The average molecular weight is 221 g/mol. The summed E-state index contributed by atoms with van der Waals surface area (Å²) in [6, 6.07) is 1.61. The Morgan fingerprint density at radius 3 is 2.56 bits per heavy atom. The largest absolute Gasteiger partial charge is 0.384 e. The Kier molecular flexibility index (Phi) is 3.96. The zero-order valence-electron chi connectivity index (χ0n) is 8.86. The van der Waals surface area contributed by atoms with Gasteiger partial charge < -0.3 is 17.2 Å². The summed E-state index contributed by atoms with van der Waals surface area (Å²) in [5.74, 6) is -0.826. The predicted octanol–water partition coefficient (Wildman–Crippen LogP) is -0.644. The van der Waals surface area contributed by atoms with Crippen molar-refractivity contribution in [2.24, 2.45) is 17.2 Å². The molecule has 1 amide bonds. The molecular formula is C10H15N5O. The molecule has 86 valence electrons. The van der Waals surface area contributed by atoms with E-state index in [0.29, 0.717) is 18.5 Å². The van der Waals surface area contributed by atoms with E-state index < -0.39 is 5.91 Å². The fourth-order valence-corrected chi connectivity index (χ4v) is 1.34. The second-order valence-electron chi connectivity index (χ2n) is 3.39. The van der Waals surface area contributed by atoms with Gasteiger partial charge in [-0.2, -0.15) is 0 Å². The highest BCUT2D eigenvalue weighted by atomic mass is 16.1. The number of rotatable bonds is 5. The van der Waals surface area contributed by atoms with E-state index in [1.54, 1.807) is 6.07 Å². The molecule has 0 fully saturated rings. The van der Waals surface area contributed by atoms with E-state index in [2.05, 4.69) is 4.98 Å². The smallest absolute Gasteiger partial charge is 0.251 e. The lowest BCUT2D eigenvalue weighted by molar-refractivity contribution is 0.0999. The van der Waals surface area contributed by atoms with Crippen molar-refractivity contribution in [3.8, 4) is 0 Å². The number of hydrogen-bond acceptors (Lipinski definition) is 4. The summed E-state index contributed by atoms with van der Waals surface area (Å²) in [5.41, 5.74) is 17.2. The fourth-order valence-electron chi connectivity index (χ4n) is 1.34. The van der Waals surface area contributed by atoms with E-state index in [1.807, 2.05) is 0 Å². The summed E-state index contributed by atoms with van der Waals surface area (Å²) >= 11 is 0. The third-order valence-corrected chi connectivity index (χ3v) is 2.15. The molecule has 0 aromatic carbocycles. The van der Waals surface area contributed by atoms with Gasteiger partial charge in [0.25, 0.3) is 5.91 Å². The second kappa shape index (κ2) is 5.22. The van der Waals surface area contributed by atoms with Crippen LogP contribution in [0.25, 0.3) is 0 Å². The molecule has 6 heteroatoms. The summed E-state index contributed by atoms with van der Waals surface area (Å²) in [5, 5.41) is 7.36. The fraction of sp³-hybridized carbons (Fsp3) is 0.300. The van der Waals surface area contributed by atoms with Crippen molar-refractivity contribution in [3.05, 3.63) is 29.1 Å². The van der Waals surface area contributed by atoms with Crippen LogP contribution in [0.1, 0.15) is 28.0 Å². The van der Waals surface area contributed by atoms with Gasteiger partial charge in [-0.25, -0.2) is 0 Å². The molecule has 16 heavy (non-hydrogen) atoms. The Labute approximate surface area is 93.3 Å². The number of nitrogens with two attached hydrogens (primary N) is 3. The predicted molar refractivity (Wildman–Crippen MR) is 61.1 cm³/mol. The molecule has 1 aromatic heterocycles. The molecule has 6 nitrogen and oxygen atoms in total. The first-order valence-corrected chi connectivity index (χ1v) is 4.89. The number of pyridine rings is 1. The Bertz CT molecular complexity index is 416. The number of primary amides is 1. The topological polar surface area (TPSA) is 132 Å². The number of hydrogen-bond donors (Lipinski definition) is 4. The van der Waals surface area contributed by atoms with Gasteiger partial charge in [-0.1, -0.05) is 0 Å². The second-order valence-corrected chi connectivity index (χ2v) is 3.39. The van der Waals surface area contributed by atoms with Crippen LogP contribution in [0, 0.1) is 5.41 Å². The number of nitrogens with zero attached hydrogens (tertiary/aromatic N) is 1. The van der Waals surface area contributed by atoms with Crippen LogP contribution in [0.15, 0.2) is 12.3 Å². The van der Waals surface area contributed by atoms with Crippen LogP contribution in [0.4, 0.5) is 0 Å². The lowest BCUT2D eigenvalue weighted by Gasteiger charge is -2.07. The number of aryl methyl sites for hydroxylation is 1. The van der Waals surface area contributed by atoms with Crippen LogP contribution in [-0.2, 0) is 6.42 Å². The van der Waals surface area contributed by atoms with Crippen LogP contribution in [-0.4, -0.2) is 23.3 Å². The van der Waals surface area contributed by atoms with Gasteiger partial charge in [0.05, 0.1) is 5.56 Å². The van der Waals surface area contributed by atoms with Gasteiger partial charge in [-0.3, -0.25) is 15.2 Å². The Hall–Kier alpha value is -1.95. The normalized spacial score (nSPS) is 10.1. The standard InChI is InChI=1S/C10H15N5O/c11-3-1-2-6-4-7(9(12)13)8(5-15-6)10(14)16/h4-5H,1-3,11H2,(H3,12,13)(H2,14,16). The maximum atomic E-state index is 11.1. The number of nitrogens with one attached hydrogen (secondary N) is 1. The maximum absolute atomic E-state index is 11.1. The molecule has 1 heterocycles. The maximum Gasteiger partial charge on any atom is 0.251 e. The van der Waals surface area contributed by atoms with Crippen LogP contribution in [0.3, 0.4) is 0 Å². The lowest BCUT2D eigenvalue weighted by atomic mass is 10.1. The van der Waals surface area contributed by atoms with Gasteiger partial charge in [0.2, 0.25) is 0 Å². The zero-order valence-corrected chi connectivity index (χ0v) is 8.86. The molecular weight excluding hydrogens is 206 g/mol. The number of carbonyl (C=O) groups excluding carboxylic acids is 1. The van der Waals surface area contributed by atoms with Crippen molar-refractivity contribution in [2.75, 3.05) is 6.54 Å². The van der Waals surface area contributed by atoms with Crippen LogP contribution < -0.4 is 17.2 Å². The lowest BCUT2D eigenvalue weighted by Crippen LogP contribution is -2.21. The molecule has 7 N–H and O–H groups in total. The first-order valence-electron chi connectivity index (χ1n) is 4.89. The van der Waals surface area contributed by atoms with Crippen LogP contribution in [0.5, 0.6) is 0 Å². The van der Waals surface area contributed by atoms with E-state index >= 15 is 0 Å². The molecule has 0 aliphatic carbocycles. The zero-order chi connectivity index (χ0) is 12.1. The quantitative estimate of drug-likeness (QED) is 0.388. The van der Waals surface area contributed by atoms with Crippen molar-refractivity contribution in [1.82, 2.24) is 4.98 Å². The summed E-state index contributed by atoms with van der Waals surface area (Å²) in [6.45, 7) is 0.564. The molecule has 1 aromatic rings. The van der Waals surface area contributed by atoms with Gasteiger partial charge in [0, 0.05) is 17.5 Å². The third kappa shape index (κ3) is 2.77. The van der Waals surface area contributed by atoms with Crippen molar-refractivity contribution in [3.63, 3.8) is 0 Å². The molecule has 0 saturated heterocycles. The molecule has 0 spiro atoms. The molecule has 0 saturated carbocycles. The third-order valence-electron chi connectivity index (χ3n) is 2.15. The molecule has 1 rings (SSSR count). The van der Waals surface area contributed by atoms with Gasteiger partial charge >= 0.3 is 0 Å². The summed E-state index contributed by atoms with van der Waals surface area (Å²) in [4.78, 5) is 15.1. The van der Waals surface area contributed by atoms with Crippen molar-refractivity contribution in [2.45, 2.75) is 12.8 Å². The Morgan fingerprint density at radius 2 is 2.06 bits per heavy atom. The van der Waals surface area contributed by atoms with E-state index in [-0.39, 0.29) is 11.4 Å². The molecule has 0 radical (unpaired) electrons. The molecule has 0 aliphatic rings. The first kappa shape index (κ1) is 12.1. The number of nitrogen functional groups attached to an aromatic ring is 1. The van der Waals surface area contributed by atoms with Crippen LogP contribution >= 0.6 is 0 Å². The number of amides is 1. The van der Waals surface area contributed by atoms with Crippen molar-refractivity contribution >= 4 is 11.7 Å². The molecule has 0 aliphatic heterocycles. The van der Waals surface area contributed by atoms with Crippen molar-refractivity contribution in [1.29, 1.82) is 5.41 Å². The number of aromatic nitrogens is 1. The minimum absolute atomic E-state index is 0.170. The van der Waals surface area contributed by atoms with Crippen molar-refractivity contribution < 1.29 is 4.79 Å². The van der Waals surface area contributed by atoms with Gasteiger partial charge in [-0.05, 0) is 25.5 Å². The SMILES string of the molecule is N=C(N)c1cc(CCCN)ncc1C(N)=O. The highest BCUT2D eigenvalue weighted by molar-refractivity contribution is 6.06. The van der Waals surface area contributed by atoms with Crippen LogP contribution in [0.2, 0.25) is 0 Å². The van der Waals surface area contributed by atoms with Gasteiger partial charge in [0.15, 0.2) is 0 Å². The molecule has 0 bridgehead atoms. The van der Waals surface area contributed by atoms with Gasteiger partial charge in [-0.15, -0.1) is 0 Å². The Balaban J connectivity index is 3.07. The van der Waals surface area contributed by atoms with Gasteiger partial charge in [0.1, 0.15) is 5.84 Å². The molecule has 0 atom stereocenters. The molecule has 0 unspecified atom stereocenters. The summed E-state index contributed by atoms with van der Waals surface area (Å²) in [6.07, 6.45) is 2.83. The Morgan fingerprint density at radius 1 is 1.38 bits per heavy atom. The van der Waals surface area contributed by atoms with E-state index in [1.165, 1.54) is 6.20 Å². The first-order chi connectivity index (χ1) is 7.56. The minimum atomic E-state index is -0.636. The average Bonchev–Trinajstić information content (AvgIpc) is 2.25. The summed E-state index contributed by atoms with van der Waals surface area (Å²) in [7, 11) is 0. The van der Waals surface area contributed by atoms with E-state index in [4.69, 9.17) is 22.6 Å². The van der Waals surface area contributed by atoms with E-state index in [9.17, 15) is 4.79 Å².